The average molecular weight is 395 g/mol. The highest BCUT2D eigenvalue weighted by Gasteiger charge is 2.36. The molecular weight excluding hydrogens is 378 g/mol. The molecule has 2 aromatic rings. The van der Waals surface area contributed by atoms with Gasteiger partial charge >= 0.3 is 5.97 Å². The second-order valence-corrected chi connectivity index (χ2v) is 6.95. The Hall–Kier alpha value is -3.44. The Bertz CT molecular complexity index is 988. The fourth-order valence-corrected chi connectivity index (χ4v) is 3.73. The van der Waals surface area contributed by atoms with Gasteiger partial charge in [0.1, 0.15) is 5.76 Å². The lowest BCUT2D eigenvalue weighted by Crippen LogP contribution is -2.30. The first-order valence-electron chi connectivity index (χ1n) is 8.37. The lowest BCUT2D eigenvalue weighted by molar-refractivity contribution is -0.133. The zero-order valence-electron chi connectivity index (χ0n) is 14.9. The van der Waals surface area contributed by atoms with Crippen LogP contribution in [0.25, 0.3) is 0 Å². The molecule has 8 heteroatoms. The van der Waals surface area contributed by atoms with Gasteiger partial charge in [0.25, 0.3) is 5.91 Å². The zero-order chi connectivity index (χ0) is 20.1. The van der Waals surface area contributed by atoms with Gasteiger partial charge in [0.15, 0.2) is 0 Å². The summed E-state index contributed by atoms with van der Waals surface area (Å²) in [6.07, 6.45) is 1.47. The number of para-hydroxylation sites is 1. The molecule has 7 nitrogen and oxygen atoms in total. The van der Waals surface area contributed by atoms with E-state index in [1.807, 2.05) is 6.07 Å². The maximum Gasteiger partial charge on any atom is 0.313 e. The maximum atomic E-state index is 13.0. The summed E-state index contributed by atoms with van der Waals surface area (Å²) in [4.78, 5) is 24.0. The lowest BCUT2D eigenvalue weighted by Gasteiger charge is -2.28. The Morgan fingerprint density at radius 1 is 1.29 bits per heavy atom. The largest absolute Gasteiger partial charge is 0.481 e. The SMILES string of the molecule is CC1=C(C(=O)Nc2ccccc2)C(c2ccco2)C(C#N)=C(SCC(=O)O)N1. The molecule has 1 aromatic heterocycles. The zero-order valence-corrected chi connectivity index (χ0v) is 15.7. The number of carbonyl (C=O) groups excluding carboxylic acids is 1. The standard InChI is InChI=1S/C20H17N3O4S/c1-12-17(19(26)23-13-6-3-2-4-7-13)18(15-8-5-9-27-15)14(10-21)20(22-12)28-11-16(24)25/h2-9,18,22H,11H2,1H3,(H,23,26)(H,24,25). The van der Waals surface area contributed by atoms with Gasteiger partial charge in [-0.2, -0.15) is 5.26 Å². The molecule has 2 heterocycles. The third-order valence-electron chi connectivity index (χ3n) is 4.09. The van der Waals surface area contributed by atoms with Gasteiger partial charge in [0.2, 0.25) is 0 Å². The van der Waals surface area contributed by atoms with Crippen molar-refractivity contribution < 1.29 is 19.1 Å². The number of aliphatic carboxylic acids is 1. The Morgan fingerprint density at radius 2 is 2.04 bits per heavy atom. The van der Waals surface area contributed by atoms with Crippen LogP contribution in [0.3, 0.4) is 0 Å². The van der Waals surface area contributed by atoms with Crippen molar-refractivity contribution in [3.05, 3.63) is 76.4 Å². The van der Waals surface area contributed by atoms with E-state index in [0.29, 0.717) is 27.7 Å². The molecule has 1 amide bonds. The quantitative estimate of drug-likeness (QED) is 0.686. The van der Waals surface area contributed by atoms with Gasteiger partial charge in [0, 0.05) is 11.4 Å². The van der Waals surface area contributed by atoms with Crippen molar-refractivity contribution in [3.63, 3.8) is 0 Å². The van der Waals surface area contributed by atoms with Crippen LogP contribution in [0.15, 0.2) is 75.0 Å². The van der Waals surface area contributed by atoms with Crippen LogP contribution in [-0.2, 0) is 9.59 Å². The molecule has 1 atom stereocenters. The van der Waals surface area contributed by atoms with Gasteiger partial charge in [0.05, 0.1) is 40.2 Å². The van der Waals surface area contributed by atoms with Crippen LogP contribution in [0.5, 0.6) is 0 Å². The summed E-state index contributed by atoms with van der Waals surface area (Å²) in [5.74, 6) is -1.88. The van der Waals surface area contributed by atoms with Gasteiger partial charge in [-0.05, 0) is 31.2 Å². The van der Waals surface area contributed by atoms with E-state index in [4.69, 9.17) is 9.52 Å². The monoisotopic (exact) mass is 395 g/mol. The fraction of sp³-hybridized carbons (Fsp3) is 0.150. The number of furan rings is 1. The molecular formula is C20H17N3O4S. The number of rotatable bonds is 6. The first-order chi connectivity index (χ1) is 13.5. The summed E-state index contributed by atoms with van der Waals surface area (Å²) >= 11 is 1.000. The third kappa shape index (κ3) is 4.10. The Balaban J connectivity index is 2.01. The number of carbonyl (C=O) groups is 2. The number of hydrogen-bond donors (Lipinski definition) is 3. The summed E-state index contributed by atoms with van der Waals surface area (Å²) in [5.41, 5.74) is 1.74. The number of nitrogens with one attached hydrogen (secondary N) is 2. The number of thioether (sulfide) groups is 1. The summed E-state index contributed by atoms with van der Waals surface area (Å²) < 4.78 is 5.51. The van der Waals surface area contributed by atoms with Crippen LogP contribution in [0.2, 0.25) is 0 Å². The molecule has 0 fully saturated rings. The number of hydrogen-bond acceptors (Lipinski definition) is 6. The second kappa shape index (κ2) is 8.50. The van der Waals surface area contributed by atoms with E-state index >= 15 is 0 Å². The predicted molar refractivity (Wildman–Crippen MR) is 105 cm³/mol. The van der Waals surface area contributed by atoms with Crippen LogP contribution in [0, 0.1) is 11.3 Å². The normalized spacial score (nSPS) is 16.4. The average Bonchev–Trinajstić information content (AvgIpc) is 3.20. The molecule has 0 saturated heterocycles. The molecule has 0 saturated carbocycles. The van der Waals surface area contributed by atoms with Crippen LogP contribution in [0.1, 0.15) is 18.6 Å². The minimum atomic E-state index is -1.000. The smallest absolute Gasteiger partial charge is 0.313 e. The van der Waals surface area contributed by atoms with Crippen molar-refractivity contribution in [1.29, 1.82) is 5.26 Å². The highest BCUT2D eigenvalue weighted by atomic mass is 32.2. The minimum absolute atomic E-state index is 0.211. The molecule has 1 aliphatic heterocycles. The molecule has 0 aliphatic carbocycles. The molecule has 0 radical (unpaired) electrons. The van der Waals surface area contributed by atoms with Gasteiger partial charge < -0.3 is 20.2 Å². The van der Waals surface area contributed by atoms with Crippen LogP contribution < -0.4 is 10.6 Å². The third-order valence-corrected chi connectivity index (χ3v) is 5.09. The number of amides is 1. The van der Waals surface area contributed by atoms with E-state index in [2.05, 4.69) is 16.7 Å². The molecule has 1 aliphatic rings. The van der Waals surface area contributed by atoms with Crippen LogP contribution in [0.4, 0.5) is 5.69 Å². The van der Waals surface area contributed by atoms with E-state index < -0.39 is 11.9 Å². The van der Waals surface area contributed by atoms with Gasteiger partial charge in [-0.3, -0.25) is 9.59 Å². The molecule has 3 rings (SSSR count). The Morgan fingerprint density at radius 3 is 2.64 bits per heavy atom. The van der Waals surface area contributed by atoms with Crippen molar-refractivity contribution in [1.82, 2.24) is 5.32 Å². The molecule has 1 aromatic carbocycles. The molecule has 3 N–H and O–H groups in total. The summed E-state index contributed by atoms with van der Waals surface area (Å²) in [6, 6.07) is 14.5. The van der Waals surface area contributed by atoms with Crippen molar-refractivity contribution in [2.45, 2.75) is 12.8 Å². The fourth-order valence-electron chi connectivity index (χ4n) is 2.92. The molecule has 142 valence electrons. The van der Waals surface area contributed by atoms with Gasteiger partial charge in [-0.1, -0.05) is 30.0 Å². The van der Waals surface area contributed by atoms with Crippen molar-refractivity contribution in [3.8, 4) is 6.07 Å². The summed E-state index contributed by atoms with van der Waals surface area (Å²) in [6.45, 7) is 1.71. The van der Waals surface area contributed by atoms with E-state index in [9.17, 15) is 14.9 Å². The number of dihydropyridines is 1. The lowest BCUT2D eigenvalue weighted by atomic mass is 9.85. The Kier molecular flexibility index (Phi) is 5.87. The maximum absolute atomic E-state index is 13.0. The van der Waals surface area contributed by atoms with Crippen LogP contribution >= 0.6 is 11.8 Å². The Labute approximate surface area is 165 Å². The van der Waals surface area contributed by atoms with E-state index in [1.165, 1.54) is 6.26 Å². The van der Waals surface area contributed by atoms with Crippen molar-refractivity contribution in [2.24, 2.45) is 0 Å². The summed E-state index contributed by atoms with van der Waals surface area (Å²) in [5, 5.41) is 25.0. The summed E-state index contributed by atoms with van der Waals surface area (Å²) in [7, 11) is 0. The van der Waals surface area contributed by atoms with E-state index in [1.54, 1.807) is 43.3 Å². The molecule has 1 unspecified atom stereocenters. The molecule has 0 spiro atoms. The van der Waals surface area contributed by atoms with E-state index in [0.717, 1.165) is 11.8 Å². The number of carboxylic acids is 1. The second-order valence-electron chi connectivity index (χ2n) is 5.97. The topological polar surface area (TPSA) is 115 Å². The number of anilines is 1. The number of nitriles is 1. The highest BCUT2D eigenvalue weighted by Crippen LogP contribution is 2.41. The number of nitrogens with zero attached hydrogens (tertiary/aromatic N) is 1. The first kappa shape index (κ1) is 19.3. The van der Waals surface area contributed by atoms with Crippen molar-refractivity contribution >= 4 is 29.3 Å². The van der Waals surface area contributed by atoms with Crippen molar-refractivity contribution in [2.75, 3.05) is 11.1 Å². The highest BCUT2D eigenvalue weighted by molar-refractivity contribution is 8.03. The van der Waals surface area contributed by atoms with Crippen LogP contribution in [-0.4, -0.2) is 22.7 Å². The molecule has 28 heavy (non-hydrogen) atoms. The van der Waals surface area contributed by atoms with E-state index in [-0.39, 0.29) is 17.2 Å². The minimum Gasteiger partial charge on any atom is -0.481 e. The number of carboxylic acid groups (broad SMARTS) is 1. The number of allylic oxidation sites excluding steroid dienone is 2. The predicted octanol–water partition coefficient (Wildman–Crippen LogP) is 3.43. The first-order valence-corrected chi connectivity index (χ1v) is 9.36. The van der Waals surface area contributed by atoms with Gasteiger partial charge in [-0.25, -0.2) is 0 Å². The molecule has 0 bridgehead atoms. The van der Waals surface area contributed by atoms with Gasteiger partial charge in [-0.15, -0.1) is 0 Å². The number of benzene rings is 1.